The summed E-state index contributed by atoms with van der Waals surface area (Å²) < 4.78 is 11.0. The number of benzene rings is 2. The molecule has 3 aromatic rings. The lowest BCUT2D eigenvalue weighted by Gasteiger charge is -2.25. The Labute approximate surface area is 191 Å². The Morgan fingerprint density at radius 1 is 1.09 bits per heavy atom. The molecule has 2 heterocycles. The van der Waals surface area contributed by atoms with Crippen LogP contribution in [0.15, 0.2) is 53.9 Å². The topological polar surface area (TPSA) is 80.8 Å². The zero-order valence-corrected chi connectivity index (χ0v) is 19.1. The lowest BCUT2D eigenvalue weighted by atomic mass is 9.87. The van der Waals surface area contributed by atoms with Crippen molar-refractivity contribution < 1.29 is 19.1 Å². The largest absolute Gasteiger partial charge is 0.493 e. The average Bonchev–Trinajstić information content (AvgIpc) is 3.39. The zero-order valence-electron chi connectivity index (χ0n) is 18.3. The first-order valence-corrected chi connectivity index (χ1v) is 11.4. The van der Waals surface area contributed by atoms with E-state index in [4.69, 9.17) is 9.47 Å². The molecule has 0 spiro atoms. The molecule has 0 aliphatic carbocycles. The van der Waals surface area contributed by atoms with E-state index in [1.165, 1.54) is 16.2 Å². The summed E-state index contributed by atoms with van der Waals surface area (Å²) in [5, 5.41) is 5.55. The van der Waals surface area contributed by atoms with Crippen LogP contribution in [-0.4, -0.2) is 35.5 Å². The van der Waals surface area contributed by atoms with E-state index in [-0.39, 0.29) is 12.5 Å². The number of methoxy groups -OCH3 is 1. The molecule has 1 fully saturated rings. The number of nitrogens with one attached hydrogen (secondary N) is 1. The van der Waals surface area contributed by atoms with Gasteiger partial charge in [-0.2, -0.15) is 0 Å². The Morgan fingerprint density at radius 3 is 2.56 bits per heavy atom. The first-order valence-electron chi connectivity index (χ1n) is 10.5. The van der Waals surface area contributed by atoms with Crippen LogP contribution in [0.5, 0.6) is 11.5 Å². The molecule has 4 rings (SSSR count). The summed E-state index contributed by atoms with van der Waals surface area (Å²) in [6.45, 7) is 4.48. The van der Waals surface area contributed by atoms with Gasteiger partial charge >= 0.3 is 6.03 Å². The van der Waals surface area contributed by atoms with E-state index < -0.39 is 11.6 Å². The number of imide groups is 1. The number of nitrogens with zero attached hydrogens (tertiary/aromatic N) is 2. The summed E-state index contributed by atoms with van der Waals surface area (Å²) >= 11 is 1.45. The standard InChI is InChI=1S/C24H25N3O4S/c1-4-24(17-9-7-6-8-10-17)22(28)27(23(29)26-24)14-18-15-32-21(25-18)16-11-12-19(31-5-2)20(13-16)30-3/h6-13,15H,4-5,14H2,1-3H3,(H,26,29)/t24-/m0/s1. The smallest absolute Gasteiger partial charge is 0.325 e. The maximum atomic E-state index is 13.3. The Kier molecular flexibility index (Phi) is 6.14. The number of hydrogen-bond acceptors (Lipinski definition) is 6. The van der Waals surface area contributed by atoms with E-state index in [0.717, 1.165) is 16.1 Å². The van der Waals surface area contributed by atoms with Gasteiger partial charge in [0.05, 0.1) is 26.0 Å². The van der Waals surface area contributed by atoms with E-state index in [0.29, 0.717) is 30.2 Å². The minimum Gasteiger partial charge on any atom is -0.493 e. The Balaban J connectivity index is 1.56. The molecule has 1 N–H and O–H groups in total. The number of urea groups is 1. The monoisotopic (exact) mass is 451 g/mol. The molecule has 1 aromatic heterocycles. The summed E-state index contributed by atoms with van der Waals surface area (Å²) in [5.41, 5.74) is 1.27. The van der Waals surface area contributed by atoms with Gasteiger partial charge in [0.25, 0.3) is 5.91 Å². The summed E-state index contributed by atoms with van der Waals surface area (Å²) in [5.74, 6) is 1.05. The number of rotatable bonds is 8. The zero-order chi connectivity index (χ0) is 22.7. The van der Waals surface area contributed by atoms with Crippen LogP contribution in [0.3, 0.4) is 0 Å². The van der Waals surface area contributed by atoms with Gasteiger partial charge in [-0.25, -0.2) is 9.78 Å². The van der Waals surface area contributed by atoms with Gasteiger partial charge in [0.2, 0.25) is 0 Å². The van der Waals surface area contributed by atoms with Crippen molar-refractivity contribution >= 4 is 23.3 Å². The van der Waals surface area contributed by atoms with Gasteiger partial charge < -0.3 is 14.8 Å². The van der Waals surface area contributed by atoms with Crippen molar-refractivity contribution in [2.75, 3.05) is 13.7 Å². The van der Waals surface area contributed by atoms with E-state index in [1.54, 1.807) is 7.11 Å². The van der Waals surface area contributed by atoms with Crippen LogP contribution in [0.1, 0.15) is 31.5 Å². The van der Waals surface area contributed by atoms with Gasteiger partial charge in [-0.05, 0) is 37.1 Å². The van der Waals surface area contributed by atoms with Crippen LogP contribution in [0.25, 0.3) is 10.6 Å². The first-order chi connectivity index (χ1) is 15.5. The third-order valence-electron chi connectivity index (χ3n) is 5.55. The average molecular weight is 452 g/mol. The molecular weight excluding hydrogens is 426 g/mol. The van der Waals surface area contributed by atoms with Crippen molar-refractivity contribution in [3.05, 3.63) is 65.2 Å². The molecule has 166 valence electrons. The molecule has 3 amide bonds. The number of aromatic nitrogens is 1. The van der Waals surface area contributed by atoms with Gasteiger partial charge in [0.1, 0.15) is 10.5 Å². The van der Waals surface area contributed by atoms with Crippen LogP contribution < -0.4 is 14.8 Å². The van der Waals surface area contributed by atoms with E-state index in [9.17, 15) is 9.59 Å². The minimum atomic E-state index is -1.04. The fourth-order valence-corrected chi connectivity index (χ4v) is 4.69. The number of amides is 3. The van der Waals surface area contributed by atoms with Gasteiger partial charge in [-0.3, -0.25) is 9.69 Å². The number of ether oxygens (including phenoxy) is 2. The van der Waals surface area contributed by atoms with Crippen LogP contribution >= 0.6 is 11.3 Å². The van der Waals surface area contributed by atoms with Crippen molar-refractivity contribution in [2.24, 2.45) is 0 Å². The molecule has 2 aromatic carbocycles. The van der Waals surface area contributed by atoms with Gasteiger partial charge in [0, 0.05) is 10.9 Å². The van der Waals surface area contributed by atoms with Crippen molar-refractivity contribution in [1.29, 1.82) is 0 Å². The second-order valence-corrected chi connectivity index (χ2v) is 8.25. The van der Waals surface area contributed by atoms with Gasteiger partial charge in [0.15, 0.2) is 11.5 Å². The van der Waals surface area contributed by atoms with Crippen LogP contribution in [0, 0.1) is 0 Å². The third-order valence-corrected chi connectivity index (χ3v) is 6.50. The number of carbonyl (C=O) groups excluding carboxylic acids is 2. The molecular formula is C24H25N3O4S. The fraction of sp³-hybridized carbons (Fsp3) is 0.292. The molecule has 0 saturated carbocycles. The predicted octanol–water partition coefficient (Wildman–Crippen LogP) is 4.57. The summed E-state index contributed by atoms with van der Waals surface area (Å²) in [4.78, 5) is 32.0. The lowest BCUT2D eigenvalue weighted by molar-refractivity contribution is -0.132. The van der Waals surface area contributed by atoms with Crippen LogP contribution in [0.2, 0.25) is 0 Å². The summed E-state index contributed by atoms with van der Waals surface area (Å²) in [7, 11) is 1.60. The molecule has 0 unspecified atom stereocenters. The maximum Gasteiger partial charge on any atom is 0.325 e. The number of hydrogen-bond donors (Lipinski definition) is 1. The highest BCUT2D eigenvalue weighted by Crippen LogP contribution is 2.35. The highest BCUT2D eigenvalue weighted by atomic mass is 32.1. The highest BCUT2D eigenvalue weighted by molar-refractivity contribution is 7.13. The third kappa shape index (κ3) is 3.82. The molecule has 8 heteroatoms. The minimum absolute atomic E-state index is 0.115. The maximum absolute atomic E-state index is 13.3. The second kappa shape index (κ2) is 9.00. The fourth-order valence-electron chi connectivity index (χ4n) is 3.88. The second-order valence-electron chi connectivity index (χ2n) is 7.39. The number of carbonyl (C=O) groups is 2. The van der Waals surface area contributed by atoms with Crippen molar-refractivity contribution in [3.8, 4) is 22.1 Å². The van der Waals surface area contributed by atoms with E-state index in [2.05, 4.69) is 10.3 Å². The molecule has 1 aliphatic heterocycles. The van der Waals surface area contributed by atoms with Crippen LogP contribution in [-0.2, 0) is 16.9 Å². The molecule has 1 aliphatic rings. The molecule has 32 heavy (non-hydrogen) atoms. The normalized spacial score (nSPS) is 18.0. The number of thiazole rings is 1. The van der Waals surface area contributed by atoms with Crippen molar-refractivity contribution in [1.82, 2.24) is 15.2 Å². The van der Waals surface area contributed by atoms with E-state index in [1.807, 2.05) is 67.8 Å². The molecule has 0 bridgehead atoms. The summed E-state index contributed by atoms with van der Waals surface area (Å²) in [6.07, 6.45) is 0.465. The first kappa shape index (κ1) is 21.8. The predicted molar refractivity (Wildman–Crippen MR) is 123 cm³/mol. The van der Waals surface area contributed by atoms with Gasteiger partial charge in [-0.15, -0.1) is 11.3 Å². The highest BCUT2D eigenvalue weighted by Gasteiger charge is 2.51. The quantitative estimate of drug-likeness (QED) is 0.507. The Bertz CT molecular complexity index is 1130. The Hall–Kier alpha value is -3.39. The molecule has 0 radical (unpaired) electrons. The lowest BCUT2D eigenvalue weighted by Crippen LogP contribution is -2.43. The molecule has 1 atom stereocenters. The van der Waals surface area contributed by atoms with Gasteiger partial charge in [-0.1, -0.05) is 37.3 Å². The van der Waals surface area contributed by atoms with Crippen molar-refractivity contribution in [2.45, 2.75) is 32.4 Å². The SMILES string of the molecule is CCOc1ccc(-c2nc(CN3C(=O)N[C@@](CC)(c4ccccc4)C3=O)cs2)cc1OC. The van der Waals surface area contributed by atoms with Crippen molar-refractivity contribution in [3.63, 3.8) is 0 Å². The Morgan fingerprint density at radius 2 is 1.88 bits per heavy atom. The molecule has 7 nitrogen and oxygen atoms in total. The van der Waals surface area contributed by atoms with E-state index >= 15 is 0 Å². The summed E-state index contributed by atoms with van der Waals surface area (Å²) in [6, 6.07) is 14.6. The molecule has 1 saturated heterocycles. The van der Waals surface area contributed by atoms with Crippen LogP contribution in [0.4, 0.5) is 4.79 Å².